The van der Waals surface area contributed by atoms with Crippen LogP contribution in [0.5, 0.6) is 0 Å². The lowest BCUT2D eigenvalue weighted by molar-refractivity contribution is -0.143. The highest BCUT2D eigenvalue weighted by atomic mass is 16.4. The summed E-state index contributed by atoms with van der Waals surface area (Å²) in [6.07, 6.45) is 5.28. The number of rotatable bonds is 2. The number of aliphatic carboxylic acids is 1. The smallest absolute Gasteiger partial charge is 0.317 e. The summed E-state index contributed by atoms with van der Waals surface area (Å²) in [6, 6.07) is -0.00352. The predicted octanol–water partition coefficient (Wildman–Crippen LogP) is 2.46. The Morgan fingerprint density at radius 2 is 2.00 bits per heavy atom. The lowest BCUT2D eigenvalue weighted by Crippen LogP contribution is -2.51. The van der Waals surface area contributed by atoms with Gasteiger partial charge in [-0.1, -0.05) is 20.3 Å². The Labute approximate surface area is 120 Å². The molecule has 2 aliphatic rings. The van der Waals surface area contributed by atoms with E-state index in [4.69, 9.17) is 5.11 Å². The van der Waals surface area contributed by atoms with Gasteiger partial charge in [-0.25, -0.2) is 4.79 Å². The molecule has 0 aromatic carbocycles. The first-order valence-corrected chi connectivity index (χ1v) is 7.66. The first kappa shape index (κ1) is 15.1. The lowest BCUT2D eigenvalue weighted by atomic mass is 9.84. The molecular formula is C15H26N2O3. The third-order valence-electron chi connectivity index (χ3n) is 4.54. The van der Waals surface area contributed by atoms with Gasteiger partial charge >= 0.3 is 12.0 Å². The molecule has 1 saturated carbocycles. The molecule has 5 heteroatoms. The van der Waals surface area contributed by atoms with Gasteiger partial charge in [0.05, 0.1) is 5.92 Å². The second-order valence-electron chi connectivity index (χ2n) is 7.04. The van der Waals surface area contributed by atoms with Crippen molar-refractivity contribution >= 4 is 12.0 Å². The maximum absolute atomic E-state index is 12.3. The summed E-state index contributed by atoms with van der Waals surface area (Å²) in [6.45, 7) is 5.97. The Morgan fingerprint density at radius 3 is 2.65 bits per heavy atom. The van der Waals surface area contributed by atoms with E-state index in [2.05, 4.69) is 19.2 Å². The molecule has 20 heavy (non-hydrogen) atoms. The second kappa shape index (κ2) is 6.02. The van der Waals surface area contributed by atoms with E-state index in [-0.39, 0.29) is 23.4 Å². The number of nitrogens with zero attached hydrogens (tertiary/aromatic N) is 1. The van der Waals surface area contributed by atoms with Gasteiger partial charge in [-0.05, 0) is 37.5 Å². The van der Waals surface area contributed by atoms with E-state index in [0.717, 1.165) is 45.2 Å². The zero-order chi connectivity index (χ0) is 14.8. The number of nitrogens with one attached hydrogen (secondary N) is 1. The number of carboxylic acid groups (broad SMARTS) is 1. The predicted molar refractivity (Wildman–Crippen MR) is 76.5 cm³/mol. The first-order valence-electron chi connectivity index (χ1n) is 7.66. The second-order valence-corrected chi connectivity index (χ2v) is 7.04. The van der Waals surface area contributed by atoms with Crippen molar-refractivity contribution in [1.82, 2.24) is 10.2 Å². The first-order chi connectivity index (χ1) is 9.37. The van der Waals surface area contributed by atoms with Crippen molar-refractivity contribution in [2.45, 2.75) is 58.4 Å². The van der Waals surface area contributed by atoms with Crippen molar-refractivity contribution in [1.29, 1.82) is 0 Å². The molecule has 1 aliphatic carbocycles. The summed E-state index contributed by atoms with van der Waals surface area (Å²) in [5, 5.41) is 12.1. The molecule has 1 saturated heterocycles. The topological polar surface area (TPSA) is 69.6 Å². The van der Waals surface area contributed by atoms with Gasteiger partial charge in [0.15, 0.2) is 0 Å². The van der Waals surface area contributed by atoms with Crippen molar-refractivity contribution in [2.75, 3.05) is 13.1 Å². The summed E-state index contributed by atoms with van der Waals surface area (Å²) in [7, 11) is 0. The van der Waals surface area contributed by atoms with Gasteiger partial charge < -0.3 is 15.3 Å². The van der Waals surface area contributed by atoms with E-state index < -0.39 is 5.97 Å². The highest BCUT2D eigenvalue weighted by Gasteiger charge is 2.32. The Bertz CT molecular complexity index is 381. The van der Waals surface area contributed by atoms with Gasteiger partial charge in [-0.2, -0.15) is 0 Å². The molecule has 114 valence electrons. The fourth-order valence-electron chi connectivity index (χ4n) is 3.41. The van der Waals surface area contributed by atoms with Gasteiger partial charge in [0.25, 0.3) is 0 Å². The van der Waals surface area contributed by atoms with E-state index in [1.807, 2.05) is 4.90 Å². The molecule has 0 aromatic heterocycles. The zero-order valence-electron chi connectivity index (χ0n) is 12.5. The van der Waals surface area contributed by atoms with Crippen LogP contribution in [0.3, 0.4) is 0 Å². The zero-order valence-corrected chi connectivity index (χ0v) is 12.5. The molecule has 2 N–H and O–H groups in total. The molecule has 2 rings (SSSR count). The highest BCUT2D eigenvalue weighted by Crippen LogP contribution is 2.29. The molecule has 0 bridgehead atoms. The van der Waals surface area contributed by atoms with Crippen molar-refractivity contribution in [3.8, 4) is 0 Å². The third-order valence-corrected chi connectivity index (χ3v) is 4.54. The summed E-state index contributed by atoms with van der Waals surface area (Å²) in [4.78, 5) is 25.2. The minimum Gasteiger partial charge on any atom is -0.481 e. The SMILES string of the molecule is CC1(C)CCCN(C(=O)NC2CCCC(C(=O)O)C2)C1. The van der Waals surface area contributed by atoms with Crippen LogP contribution in [0.4, 0.5) is 4.79 Å². The monoisotopic (exact) mass is 282 g/mol. The third kappa shape index (κ3) is 3.87. The number of likely N-dealkylation sites (tertiary alicyclic amines) is 1. The normalized spacial score (nSPS) is 29.8. The summed E-state index contributed by atoms with van der Waals surface area (Å²) in [5.41, 5.74) is 0.186. The molecule has 0 spiro atoms. The molecule has 0 radical (unpaired) electrons. The van der Waals surface area contributed by atoms with E-state index in [0.29, 0.717) is 6.42 Å². The molecule has 5 nitrogen and oxygen atoms in total. The van der Waals surface area contributed by atoms with Crippen molar-refractivity contribution in [2.24, 2.45) is 11.3 Å². The van der Waals surface area contributed by atoms with Gasteiger partial charge in [0.2, 0.25) is 0 Å². The highest BCUT2D eigenvalue weighted by molar-refractivity contribution is 5.75. The minimum atomic E-state index is -0.733. The number of piperidine rings is 1. The molecule has 2 unspecified atom stereocenters. The number of carboxylic acids is 1. The maximum Gasteiger partial charge on any atom is 0.317 e. The van der Waals surface area contributed by atoms with Crippen molar-refractivity contribution < 1.29 is 14.7 Å². The van der Waals surface area contributed by atoms with Crippen LogP contribution in [0.2, 0.25) is 0 Å². The number of hydrogen-bond acceptors (Lipinski definition) is 2. The van der Waals surface area contributed by atoms with Crippen LogP contribution >= 0.6 is 0 Å². The van der Waals surface area contributed by atoms with Crippen LogP contribution in [0.15, 0.2) is 0 Å². The molecule has 2 atom stereocenters. The van der Waals surface area contributed by atoms with Gasteiger partial charge in [0.1, 0.15) is 0 Å². The van der Waals surface area contributed by atoms with Crippen LogP contribution in [0.25, 0.3) is 0 Å². The molecule has 1 heterocycles. The molecule has 2 amide bonds. The van der Waals surface area contributed by atoms with Crippen molar-refractivity contribution in [3.05, 3.63) is 0 Å². The Hall–Kier alpha value is -1.26. The Morgan fingerprint density at radius 1 is 1.25 bits per heavy atom. The van der Waals surface area contributed by atoms with Gasteiger partial charge in [-0.3, -0.25) is 4.79 Å². The average molecular weight is 282 g/mol. The molecular weight excluding hydrogens is 256 g/mol. The molecule has 2 fully saturated rings. The van der Waals surface area contributed by atoms with E-state index in [1.165, 1.54) is 0 Å². The summed E-state index contributed by atoms with van der Waals surface area (Å²) in [5.74, 6) is -1.03. The van der Waals surface area contributed by atoms with Crippen LogP contribution in [-0.4, -0.2) is 41.1 Å². The van der Waals surface area contributed by atoms with Crippen LogP contribution in [-0.2, 0) is 4.79 Å². The number of carbonyl (C=O) groups excluding carboxylic acids is 1. The molecule has 1 aliphatic heterocycles. The van der Waals surface area contributed by atoms with Crippen LogP contribution in [0.1, 0.15) is 52.4 Å². The minimum absolute atomic E-state index is 0.0161. The van der Waals surface area contributed by atoms with E-state index >= 15 is 0 Å². The number of urea groups is 1. The standard InChI is InChI=1S/C15H26N2O3/c1-15(2)7-4-8-17(10-15)14(20)16-12-6-3-5-11(9-12)13(18)19/h11-12H,3-10H2,1-2H3,(H,16,20)(H,18,19). The average Bonchev–Trinajstić information content (AvgIpc) is 2.37. The number of hydrogen-bond donors (Lipinski definition) is 2. The molecule has 0 aromatic rings. The fourth-order valence-corrected chi connectivity index (χ4v) is 3.41. The number of amides is 2. The quantitative estimate of drug-likeness (QED) is 0.817. The summed E-state index contributed by atoms with van der Waals surface area (Å²) >= 11 is 0. The van der Waals surface area contributed by atoms with E-state index in [1.54, 1.807) is 0 Å². The number of carbonyl (C=O) groups is 2. The van der Waals surface area contributed by atoms with Crippen molar-refractivity contribution in [3.63, 3.8) is 0 Å². The van der Waals surface area contributed by atoms with Crippen LogP contribution < -0.4 is 5.32 Å². The maximum atomic E-state index is 12.3. The fraction of sp³-hybridized carbons (Fsp3) is 0.867. The largest absolute Gasteiger partial charge is 0.481 e. The van der Waals surface area contributed by atoms with Gasteiger partial charge in [-0.15, -0.1) is 0 Å². The van der Waals surface area contributed by atoms with Gasteiger partial charge in [0, 0.05) is 19.1 Å². The van der Waals surface area contributed by atoms with Crippen LogP contribution in [0, 0.1) is 11.3 Å². The lowest BCUT2D eigenvalue weighted by Gasteiger charge is -2.39. The summed E-state index contributed by atoms with van der Waals surface area (Å²) < 4.78 is 0. The Kier molecular flexibility index (Phi) is 4.55. The van der Waals surface area contributed by atoms with E-state index in [9.17, 15) is 9.59 Å². The Balaban J connectivity index is 1.86.